The van der Waals surface area contributed by atoms with Gasteiger partial charge < -0.3 is 14.8 Å². The molecule has 8 nitrogen and oxygen atoms in total. The van der Waals surface area contributed by atoms with Gasteiger partial charge >= 0.3 is 0 Å². The van der Waals surface area contributed by atoms with Gasteiger partial charge in [0.25, 0.3) is 0 Å². The first-order valence-corrected chi connectivity index (χ1v) is 16.2. The van der Waals surface area contributed by atoms with E-state index in [1.165, 1.54) is 11.1 Å². The maximum absolute atomic E-state index is 13.7. The van der Waals surface area contributed by atoms with Gasteiger partial charge in [-0.2, -0.15) is 0 Å². The average molecular weight is 707 g/mol. The molecule has 1 saturated heterocycles. The van der Waals surface area contributed by atoms with Crippen molar-refractivity contribution in [2.75, 3.05) is 26.2 Å². The first-order chi connectivity index (χ1) is 19.9. The van der Waals surface area contributed by atoms with E-state index in [1.54, 1.807) is 17.4 Å². The first-order valence-electron chi connectivity index (χ1n) is 14.2. The van der Waals surface area contributed by atoms with Crippen molar-refractivity contribution in [3.63, 3.8) is 0 Å². The third kappa shape index (κ3) is 7.04. The monoisotopic (exact) mass is 704 g/mol. The molecule has 0 spiro atoms. The zero-order valence-corrected chi connectivity index (χ0v) is 27.1. The minimum atomic E-state index is -0.585. The van der Waals surface area contributed by atoms with Crippen LogP contribution in [0.5, 0.6) is 0 Å². The molecule has 11 heteroatoms. The number of pyridine rings is 1. The van der Waals surface area contributed by atoms with Crippen molar-refractivity contribution in [1.29, 1.82) is 0 Å². The molecule has 5 rings (SSSR count). The lowest BCUT2D eigenvalue weighted by molar-refractivity contribution is -0.144. The Hall–Kier alpha value is -2.27. The summed E-state index contributed by atoms with van der Waals surface area (Å²) in [5.74, 6) is -0.0695. The molecule has 1 fully saturated rings. The van der Waals surface area contributed by atoms with Crippen LogP contribution in [0.15, 0.2) is 52.1 Å². The number of hydrogen-bond donors (Lipinski definition) is 1. The molecule has 2 aromatic heterocycles. The number of nitrogens with zero attached hydrogens (tertiary/aromatic N) is 5. The quantitative estimate of drug-likeness (QED) is 0.295. The second-order valence-corrected chi connectivity index (χ2v) is 12.9. The molecular formula is C30H35Br2ClN6O2. The SMILES string of the molecule is CCCCC(=O)N1CCN(C2c3ncc(Br)cc3CCc3cc(Cl)cc(Br)c32)CC1C(=O)NCCCn1ccnc1. The number of piperazine rings is 1. The van der Waals surface area contributed by atoms with Gasteiger partial charge in [0, 0.05) is 71.7 Å². The molecular weight excluding hydrogens is 672 g/mol. The van der Waals surface area contributed by atoms with Crippen LogP contribution in [0.25, 0.3) is 0 Å². The van der Waals surface area contributed by atoms with Crippen molar-refractivity contribution >= 4 is 55.3 Å². The number of benzene rings is 1. The molecule has 2 amide bonds. The number of amides is 2. The molecule has 3 heterocycles. The van der Waals surface area contributed by atoms with E-state index in [2.05, 4.69) is 60.1 Å². The Kier molecular flexibility index (Phi) is 10.2. The van der Waals surface area contributed by atoms with Gasteiger partial charge in [0.1, 0.15) is 6.04 Å². The summed E-state index contributed by atoms with van der Waals surface area (Å²) in [6, 6.07) is 5.37. The van der Waals surface area contributed by atoms with Gasteiger partial charge in [-0.15, -0.1) is 0 Å². The van der Waals surface area contributed by atoms with E-state index in [1.807, 2.05) is 29.1 Å². The number of carbonyl (C=O) groups excluding carboxylic acids is 2. The van der Waals surface area contributed by atoms with Crippen LogP contribution < -0.4 is 5.32 Å². The lowest BCUT2D eigenvalue weighted by Crippen LogP contribution is -2.61. The summed E-state index contributed by atoms with van der Waals surface area (Å²) >= 11 is 13.9. The number of fused-ring (bicyclic) bond motifs is 2. The van der Waals surface area contributed by atoms with Gasteiger partial charge in [0.05, 0.1) is 18.1 Å². The minimum Gasteiger partial charge on any atom is -0.354 e. The molecule has 3 aromatic rings. The van der Waals surface area contributed by atoms with E-state index in [4.69, 9.17) is 16.6 Å². The summed E-state index contributed by atoms with van der Waals surface area (Å²) in [4.78, 5) is 40.1. The highest BCUT2D eigenvalue weighted by molar-refractivity contribution is 9.10. The molecule has 218 valence electrons. The lowest BCUT2D eigenvalue weighted by Gasteiger charge is -2.44. The van der Waals surface area contributed by atoms with Crippen molar-refractivity contribution in [3.8, 4) is 0 Å². The van der Waals surface area contributed by atoms with Crippen molar-refractivity contribution in [2.24, 2.45) is 0 Å². The second-order valence-electron chi connectivity index (χ2n) is 10.7. The van der Waals surface area contributed by atoms with Gasteiger partial charge in [-0.1, -0.05) is 40.9 Å². The van der Waals surface area contributed by atoms with E-state index < -0.39 is 6.04 Å². The number of hydrogen-bond acceptors (Lipinski definition) is 5. The van der Waals surface area contributed by atoms with E-state index in [-0.39, 0.29) is 17.9 Å². The zero-order valence-electron chi connectivity index (χ0n) is 23.2. The molecule has 1 aliphatic heterocycles. The lowest BCUT2D eigenvalue weighted by atomic mass is 9.95. The number of rotatable bonds is 9. The number of imidazole rings is 1. The van der Waals surface area contributed by atoms with Crippen molar-refractivity contribution in [3.05, 3.63) is 79.5 Å². The van der Waals surface area contributed by atoms with Crippen molar-refractivity contribution in [1.82, 2.24) is 29.7 Å². The van der Waals surface area contributed by atoms with Crippen LogP contribution in [0.1, 0.15) is 61.0 Å². The van der Waals surface area contributed by atoms with Crippen LogP contribution in [0, 0.1) is 0 Å². The smallest absolute Gasteiger partial charge is 0.244 e. The summed E-state index contributed by atoms with van der Waals surface area (Å²) in [7, 11) is 0. The van der Waals surface area contributed by atoms with Crippen LogP contribution in [-0.2, 0) is 29.0 Å². The molecule has 41 heavy (non-hydrogen) atoms. The average Bonchev–Trinajstić information content (AvgIpc) is 3.42. The fraction of sp³-hybridized carbons (Fsp3) is 0.467. The predicted molar refractivity (Wildman–Crippen MR) is 167 cm³/mol. The van der Waals surface area contributed by atoms with Gasteiger partial charge in [0.2, 0.25) is 11.8 Å². The van der Waals surface area contributed by atoms with Crippen LogP contribution in [0.3, 0.4) is 0 Å². The summed E-state index contributed by atoms with van der Waals surface area (Å²) in [6.07, 6.45) is 11.9. The van der Waals surface area contributed by atoms with E-state index in [9.17, 15) is 9.59 Å². The molecule has 0 radical (unpaired) electrons. The van der Waals surface area contributed by atoms with Crippen LogP contribution >= 0.6 is 43.5 Å². The Labute approximate surface area is 263 Å². The third-order valence-corrected chi connectivity index (χ3v) is 9.25. The van der Waals surface area contributed by atoms with Crippen molar-refractivity contribution in [2.45, 2.75) is 64.1 Å². The van der Waals surface area contributed by atoms with Gasteiger partial charge in [-0.05, 0) is 76.5 Å². The molecule has 0 bridgehead atoms. The standard InChI is InChI=1S/C30H35Br2ClN6O2/c1-2-3-5-26(40)39-13-12-38(18-25(39)30(41)35-8-4-10-37-11-9-34-19-37)29-27-20(15-23(33)16-24(27)32)6-7-21-14-22(31)17-36-28(21)29/h9,11,14-17,19,25,29H,2-8,10,12-13,18H2,1H3,(H,35,41). The number of carbonyl (C=O) groups is 2. The largest absolute Gasteiger partial charge is 0.354 e. The fourth-order valence-electron chi connectivity index (χ4n) is 5.89. The normalized spacial score (nSPS) is 18.9. The van der Waals surface area contributed by atoms with Crippen molar-refractivity contribution < 1.29 is 9.59 Å². The number of unbranched alkanes of at least 4 members (excludes halogenated alkanes) is 1. The second kappa shape index (κ2) is 13.8. The molecule has 2 atom stereocenters. The van der Waals surface area contributed by atoms with Gasteiger partial charge in [0.15, 0.2) is 0 Å². The minimum absolute atomic E-state index is 0.0433. The highest BCUT2D eigenvalue weighted by Gasteiger charge is 2.40. The highest BCUT2D eigenvalue weighted by Crippen LogP contribution is 2.42. The first kappa shape index (κ1) is 30.2. The summed E-state index contributed by atoms with van der Waals surface area (Å²) in [6.45, 7) is 4.91. The maximum atomic E-state index is 13.7. The molecule has 1 aliphatic carbocycles. The topological polar surface area (TPSA) is 83.4 Å². The number of aryl methyl sites for hydroxylation is 3. The van der Waals surface area contributed by atoms with Crippen LogP contribution in [0.4, 0.5) is 0 Å². The van der Waals surface area contributed by atoms with E-state index in [0.29, 0.717) is 37.6 Å². The molecule has 1 aromatic carbocycles. The summed E-state index contributed by atoms with van der Waals surface area (Å²) in [5.41, 5.74) is 4.46. The highest BCUT2D eigenvalue weighted by atomic mass is 79.9. The predicted octanol–water partition coefficient (Wildman–Crippen LogP) is 5.55. The number of aromatic nitrogens is 3. The number of halogens is 3. The Morgan fingerprint density at radius 1 is 1.12 bits per heavy atom. The Morgan fingerprint density at radius 2 is 1.95 bits per heavy atom. The third-order valence-electron chi connectivity index (χ3n) is 7.94. The summed E-state index contributed by atoms with van der Waals surface area (Å²) < 4.78 is 3.87. The Morgan fingerprint density at radius 3 is 2.73 bits per heavy atom. The van der Waals surface area contributed by atoms with Crippen LogP contribution in [-0.4, -0.2) is 68.4 Å². The van der Waals surface area contributed by atoms with E-state index >= 15 is 0 Å². The molecule has 2 unspecified atom stereocenters. The van der Waals surface area contributed by atoms with Gasteiger partial charge in [-0.25, -0.2) is 4.98 Å². The molecule has 0 saturated carbocycles. The van der Waals surface area contributed by atoms with Crippen LogP contribution in [0.2, 0.25) is 5.02 Å². The van der Waals surface area contributed by atoms with Gasteiger partial charge in [-0.3, -0.25) is 19.5 Å². The Bertz CT molecular complexity index is 1390. The summed E-state index contributed by atoms with van der Waals surface area (Å²) in [5, 5.41) is 3.80. The molecule has 1 N–H and O–H groups in total. The maximum Gasteiger partial charge on any atom is 0.244 e. The number of nitrogens with one attached hydrogen (secondary N) is 1. The fourth-order valence-corrected chi connectivity index (χ4v) is 7.36. The zero-order chi connectivity index (χ0) is 28.9. The Balaban J connectivity index is 1.43. The van der Waals surface area contributed by atoms with E-state index in [0.717, 1.165) is 58.9 Å². The molecule has 2 aliphatic rings.